The average molecular weight is 406 g/mol. The average Bonchev–Trinajstić information content (AvgIpc) is 3.00. The van der Waals surface area contributed by atoms with Gasteiger partial charge >= 0.3 is 0 Å². The van der Waals surface area contributed by atoms with E-state index in [4.69, 9.17) is 4.74 Å². The number of nitrogens with one attached hydrogen (secondary N) is 1. The minimum atomic E-state index is -0.250. The quantitative estimate of drug-likeness (QED) is 0.718. The molecule has 1 aliphatic rings. The summed E-state index contributed by atoms with van der Waals surface area (Å²) in [6, 6.07) is 6.39. The molecule has 5 nitrogen and oxygen atoms in total. The number of carbonyl (C=O) groups is 1. The second-order valence-electron chi connectivity index (χ2n) is 7.45. The number of carbonyl (C=O) groups excluding carboxylic acids is 1. The highest BCUT2D eigenvalue weighted by Crippen LogP contribution is 2.21. The van der Waals surface area contributed by atoms with E-state index >= 15 is 0 Å². The zero-order valence-corrected chi connectivity index (χ0v) is 17.5. The van der Waals surface area contributed by atoms with Gasteiger partial charge in [-0.2, -0.15) is 0 Å². The first-order valence-corrected chi connectivity index (χ1v) is 10.6. The first kappa shape index (κ1) is 20.9. The summed E-state index contributed by atoms with van der Waals surface area (Å²) in [6.07, 6.45) is 2.04. The number of aromatic nitrogens is 1. The molecule has 1 N–H and O–H groups in total. The van der Waals surface area contributed by atoms with Gasteiger partial charge in [0, 0.05) is 32.6 Å². The highest BCUT2D eigenvalue weighted by atomic mass is 32.1. The van der Waals surface area contributed by atoms with E-state index in [-0.39, 0.29) is 23.9 Å². The number of halogens is 1. The zero-order valence-electron chi connectivity index (χ0n) is 16.7. The molecule has 0 aliphatic carbocycles. The number of amides is 1. The fraction of sp³-hybridized carbons (Fsp3) is 0.524. The molecule has 2 aromatic rings. The van der Waals surface area contributed by atoms with E-state index in [2.05, 4.69) is 29.0 Å². The summed E-state index contributed by atoms with van der Waals surface area (Å²) in [5, 5.41) is 3.88. The van der Waals surface area contributed by atoms with E-state index in [0.29, 0.717) is 17.8 Å². The summed E-state index contributed by atoms with van der Waals surface area (Å²) in [6.45, 7) is 9.54. The van der Waals surface area contributed by atoms with E-state index in [1.807, 2.05) is 6.92 Å². The van der Waals surface area contributed by atoms with Crippen molar-refractivity contribution >= 4 is 17.2 Å². The van der Waals surface area contributed by atoms with Crippen LogP contribution < -0.4 is 5.32 Å². The first-order valence-electron chi connectivity index (χ1n) is 9.77. The Labute approximate surface area is 169 Å². The van der Waals surface area contributed by atoms with Crippen LogP contribution in [0.25, 0.3) is 0 Å². The molecule has 0 radical (unpaired) electrons. The lowest BCUT2D eigenvalue weighted by atomic mass is 10.1. The predicted octanol–water partition coefficient (Wildman–Crippen LogP) is 3.41. The number of rotatable bonds is 7. The molecule has 152 valence electrons. The summed E-state index contributed by atoms with van der Waals surface area (Å²) in [7, 11) is 0. The zero-order chi connectivity index (χ0) is 20.1. The first-order chi connectivity index (χ1) is 13.4. The molecule has 2 unspecified atom stereocenters. The van der Waals surface area contributed by atoms with Crippen LogP contribution in [0.4, 0.5) is 4.39 Å². The van der Waals surface area contributed by atoms with Gasteiger partial charge in [0.1, 0.15) is 10.7 Å². The summed E-state index contributed by atoms with van der Waals surface area (Å²) in [5.41, 5.74) is 1.73. The van der Waals surface area contributed by atoms with Crippen LogP contribution in [0.15, 0.2) is 24.3 Å². The Morgan fingerprint density at radius 1 is 1.29 bits per heavy atom. The van der Waals surface area contributed by atoms with E-state index < -0.39 is 0 Å². The number of thiazole rings is 1. The van der Waals surface area contributed by atoms with Gasteiger partial charge in [-0.3, -0.25) is 9.69 Å². The van der Waals surface area contributed by atoms with Crippen molar-refractivity contribution in [1.29, 1.82) is 0 Å². The number of benzene rings is 1. The lowest BCUT2D eigenvalue weighted by molar-refractivity contribution is -0.0679. The van der Waals surface area contributed by atoms with Crippen LogP contribution in [0.3, 0.4) is 0 Å². The van der Waals surface area contributed by atoms with Crippen molar-refractivity contribution in [1.82, 2.24) is 15.2 Å². The smallest absolute Gasteiger partial charge is 0.263 e. The SMILES string of the molecule is Cc1nc(Cc2ccc(F)cc2)sc1C(=O)NCCCN1CC(C)OC(C)C1. The fourth-order valence-corrected chi connectivity index (χ4v) is 4.58. The van der Waals surface area contributed by atoms with Crippen LogP contribution >= 0.6 is 11.3 Å². The lowest BCUT2D eigenvalue weighted by Gasteiger charge is -2.35. The maximum Gasteiger partial charge on any atom is 0.263 e. The Morgan fingerprint density at radius 3 is 2.64 bits per heavy atom. The molecule has 28 heavy (non-hydrogen) atoms. The van der Waals surface area contributed by atoms with Crippen molar-refractivity contribution in [2.75, 3.05) is 26.2 Å². The highest BCUT2D eigenvalue weighted by Gasteiger charge is 2.21. The van der Waals surface area contributed by atoms with Crippen molar-refractivity contribution in [2.24, 2.45) is 0 Å². The van der Waals surface area contributed by atoms with Crippen molar-refractivity contribution in [2.45, 2.75) is 45.8 Å². The Balaban J connectivity index is 1.46. The molecule has 1 aliphatic heterocycles. The van der Waals surface area contributed by atoms with Gasteiger partial charge in [-0.1, -0.05) is 12.1 Å². The highest BCUT2D eigenvalue weighted by molar-refractivity contribution is 7.13. The minimum Gasteiger partial charge on any atom is -0.373 e. The molecule has 0 bridgehead atoms. The van der Waals surface area contributed by atoms with Gasteiger partial charge in [0.25, 0.3) is 5.91 Å². The topological polar surface area (TPSA) is 54.5 Å². The molecular weight excluding hydrogens is 377 g/mol. The molecule has 2 heterocycles. The third-order valence-electron chi connectivity index (χ3n) is 4.75. The summed E-state index contributed by atoms with van der Waals surface area (Å²) in [5.74, 6) is -0.316. The van der Waals surface area contributed by atoms with Crippen molar-refractivity contribution in [3.05, 3.63) is 51.2 Å². The Bertz CT molecular complexity index is 783. The van der Waals surface area contributed by atoms with Crippen molar-refractivity contribution in [3.63, 3.8) is 0 Å². The van der Waals surface area contributed by atoms with Gasteiger partial charge < -0.3 is 10.1 Å². The molecule has 1 aromatic carbocycles. The molecule has 3 rings (SSSR count). The molecule has 0 saturated carbocycles. The van der Waals surface area contributed by atoms with Crippen LogP contribution in [-0.4, -0.2) is 54.2 Å². The molecule has 1 aromatic heterocycles. The minimum absolute atomic E-state index is 0.0657. The second-order valence-corrected chi connectivity index (χ2v) is 8.54. The van der Waals surface area contributed by atoms with Crippen LogP contribution in [0, 0.1) is 12.7 Å². The number of ether oxygens (including phenoxy) is 1. The Hall–Kier alpha value is -1.83. The van der Waals surface area contributed by atoms with E-state index in [1.165, 1.54) is 23.5 Å². The van der Waals surface area contributed by atoms with Crippen molar-refractivity contribution < 1.29 is 13.9 Å². The molecule has 0 spiro atoms. The summed E-state index contributed by atoms with van der Waals surface area (Å²) < 4.78 is 18.8. The van der Waals surface area contributed by atoms with Gasteiger partial charge in [-0.25, -0.2) is 9.37 Å². The molecule has 1 amide bonds. The number of morpholine rings is 1. The van der Waals surface area contributed by atoms with E-state index in [1.54, 1.807) is 12.1 Å². The standard InChI is InChI=1S/C21H28FN3O2S/c1-14-12-25(13-15(2)27-14)10-4-9-23-21(26)20-16(3)24-19(28-20)11-17-5-7-18(22)8-6-17/h5-8,14-15H,4,9-13H2,1-3H3,(H,23,26). The largest absolute Gasteiger partial charge is 0.373 e. The van der Waals surface area contributed by atoms with Crippen LogP contribution in [0.1, 0.15) is 46.2 Å². The third kappa shape index (κ3) is 5.83. The Morgan fingerprint density at radius 2 is 1.96 bits per heavy atom. The number of nitrogens with zero attached hydrogens (tertiary/aromatic N) is 2. The fourth-order valence-electron chi connectivity index (χ4n) is 3.57. The lowest BCUT2D eigenvalue weighted by Crippen LogP contribution is -2.46. The predicted molar refractivity (Wildman–Crippen MR) is 109 cm³/mol. The maximum atomic E-state index is 13.0. The van der Waals surface area contributed by atoms with Gasteiger partial charge in [0.05, 0.1) is 22.9 Å². The maximum absolute atomic E-state index is 13.0. The third-order valence-corrected chi connectivity index (χ3v) is 5.90. The molecule has 1 fully saturated rings. The molecule has 1 saturated heterocycles. The second kappa shape index (κ2) is 9.58. The van der Waals surface area contributed by atoms with Crippen LogP contribution in [0.2, 0.25) is 0 Å². The number of aryl methyl sites for hydroxylation is 1. The molecule has 7 heteroatoms. The Kier molecular flexibility index (Phi) is 7.15. The summed E-state index contributed by atoms with van der Waals surface area (Å²) >= 11 is 1.41. The normalized spacial score (nSPS) is 20.3. The van der Waals surface area contributed by atoms with Gasteiger partial charge in [0.2, 0.25) is 0 Å². The van der Waals surface area contributed by atoms with Crippen LogP contribution in [0.5, 0.6) is 0 Å². The monoisotopic (exact) mass is 405 g/mol. The summed E-state index contributed by atoms with van der Waals surface area (Å²) in [4.78, 5) is 20.1. The molecular formula is C21H28FN3O2S. The number of hydrogen-bond acceptors (Lipinski definition) is 5. The number of hydrogen-bond donors (Lipinski definition) is 1. The van der Waals surface area contributed by atoms with E-state index in [9.17, 15) is 9.18 Å². The molecule has 2 atom stereocenters. The van der Waals surface area contributed by atoms with Gasteiger partial charge in [0.15, 0.2) is 0 Å². The van der Waals surface area contributed by atoms with Gasteiger partial charge in [-0.15, -0.1) is 11.3 Å². The van der Waals surface area contributed by atoms with Gasteiger partial charge in [-0.05, 0) is 44.9 Å². The van der Waals surface area contributed by atoms with Crippen LogP contribution in [-0.2, 0) is 11.2 Å². The van der Waals surface area contributed by atoms with Crippen molar-refractivity contribution in [3.8, 4) is 0 Å². The van der Waals surface area contributed by atoms with E-state index in [0.717, 1.165) is 42.3 Å².